The smallest absolute Gasteiger partial charge is 0.320 e. The average Bonchev–Trinajstić information content (AvgIpc) is 3.09. The molecule has 5 nitrogen and oxygen atoms in total. The Kier molecular flexibility index (Phi) is 5.69. The van der Waals surface area contributed by atoms with E-state index in [1.807, 2.05) is 55.5 Å². The van der Waals surface area contributed by atoms with Crippen LogP contribution in [-0.4, -0.2) is 26.2 Å². The maximum atomic E-state index is 6.50. The van der Waals surface area contributed by atoms with E-state index in [0.29, 0.717) is 34.1 Å². The molecule has 0 aliphatic carbocycles. The molecule has 2 aromatic heterocycles. The summed E-state index contributed by atoms with van der Waals surface area (Å²) in [6.07, 6.45) is 1.99. The lowest BCUT2D eigenvalue weighted by Gasteiger charge is -2.07. The number of nitrogens with zero attached hydrogens (tertiary/aromatic N) is 4. The Hall–Kier alpha value is -2.63. The molecule has 0 aliphatic rings. The zero-order valence-corrected chi connectivity index (χ0v) is 17.7. The van der Waals surface area contributed by atoms with E-state index in [1.165, 1.54) is 0 Å². The zero-order valence-electron chi connectivity index (χ0n) is 16.2. The van der Waals surface area contributed by atoms with E-state index < -0.39 is 0 Å². The molecule has 4 aromatic rings. The van der Waals surface area contributed by atoms with Crippen LogP contribution in [0, 0.1) is 6.92 Å². The minimum atomic E-state index is 0.351. The van der Waals surface area contributed by atoms with E-state index in [0.717, 1.165) is 35.2 Å². The minimum Gasteiger partial charge on any atom is -0.463 e. The Morgan fingerprint density at radius 2 is 1.76 bits per heavy atom. The summed E-state index contributed by atoms with van der Waals surface area (Å²) in [7, 11) is 0. The number of aromatic nitrogens is 4. The Morgan fingerprint density at radius 1 is 1.00 bits per heavy atom. The number of fused-ring (bicyclic) bond motifs is 1. The van der Waals surface area contributed by atoms with Crippen molar-refractivity contribution in [2.24, 2.45) is 0 Å². The number of halogens is 2. The topological polar surface area (TPSA) is 52.3 Å². The number of unbranched alkanes of at least 4 members (excludes halogenated alkanes) is 1. The van der Waals surface area contributed by atoms with Crippen LogP contribution in [0.5, 0.6) is 6.01 Å². The van der Waals surface area contributed by atoms with Gasteiger partial charge in [-0.05, 0) is 37.1 Å². The largest absolute Gasteiger partial charge is 0.463 e. The number of aryl methyl sites for hydroxylation is 1. The van der Waals surface area contributed by atoms with E-state index in [9.17, 15) is 0 Å². The molecule has 0 aliphatic heterocycles. The van der Waals surface area contributed by atoms with E-state index in [-0.39, 0.29) is 0 Å². The summed E-state index contributed by atoms with van der Waals surface area (Å²) in [5.41, 5.74) is 4.04. The number of benzene rings is 2. The molecule has 7 heteroatoms. The molecule has 0 bridgehead atoms. The molecular formula is C22H20Cl2N4O. The van der Waals surface area contributed by atoms with Crippen molar-refractivity contribution in [2.75, 3.05) is 6.61 Å². The fourth-order valence-electron chi connectivity index (χ4n) is 3.14. The van der Waals surface area contributed by atoms with Crippen molar-refractivity contribution in [3.63, 3.8) is 0 Å². The molecule has 148 valence electrons. The SMILES string of the molecule is CCCCOc1nc(C)n2nc(-c3ccccc3Cl)c(-c3ccc(Cl)cc3)c2n1. The normalized spacial score (nSPS) is 11.2. The summed E-state index contributed by atoms with van der Waals surface area (Å²) in [6, 6.07) is 15.6. The predicted molar refractivity (Wildman–Crippen MR) is 117 cm³/mol. The molecular weight excluding hydrogens is 407 g/mol. The highest BCUT2D eigenvalue weighted by Gasteiger charge is 2.21. The van der Waals surface area contributed by atoms with Crippen LogP contribution in [-0.2, 0) is 0 Å². The second-order valence-electron chi connectivity index (χ2n) is 6.70. The molecule has 0 radical (unpaired) electrons. The molecule has 4 rings (SSSR count). The van der Waals surface area contributed by atoms with Gasteiger partial charge in [0, 0.05) is 10.6 Å². The Bertz CT molecular complexity index is 1160. The fraction of sp³-hybridized carbons (Fsp3) is 0.227. The second kappa shape index (κ2) is 8.39. The first-order valence-corrected chi connectivity index (χ1v) is 10.2. The quantitative estimate of drug-likeness (QED) is 0.341. The van der Waals surface area contributed by atoms with Gasteiger partial charge in [0.25, 0.3) is 0 Å². The number of ether oxygens (including phenoxy) is 1. The summed E-state index contributed by atoms with van der Waals surface area (Å²) in [5.74, 6) is 0.690. The first-order valence-electron chi connectivity index (χ1n) is 9.49. The summed E-state index contributed by atoms with van der Waals surface area (Å²) < 4.78 is 7.50. The summed E-state index contributed by atoms with van der Waals surface area (Å²) in [4.78, 5) is 9.14. The van der Waals surface area contributed by atoms with E-state index in [2.05, 4.69) is 16.9 Å². The molecule has 29 heavy (non-hydrogen) atoms. The molecule has 0 spiro atoms. The minimum absolute atomic E-state index is 0.351. The van der Waals surface area contributed by atoms with Gasteiger partial charge in [-0.15, -0.1) is 0 Å². The molecule has 0 N–H and O–H groups in total. The van der Waals surface area contributed by atoms with Crippen molar-refractivity contribution < 1.29 is 4.74 Å². The molecule has 2 aromatic carbocycles. The highest BCUT2D eigenvalue weighted by Crippen LogP contribution is 2.38. The van der Waals surface area contributed by atoms with Crippen molar-refractivity contribution >= 4 is 28.8 Å². The lowest BCUT2D eigenvalue weighted by atomic mass is 10.0. The van der Waals surface area contributed by atoms with Crippen LogP contribution in [0.1, 0.15) is 25.6 Å². The predicted octanol–water partition coefficient (Wildman–Crippen LogP) is 6.25. The van der Waals surface area contributed by atoms with Crippen LogP contribution >= 0.6 is 23.2 Å². The first-order chi connectivity index (χ1) is 14.1. The van der Waals surface area contributed by atoms with Crippen molar-refractivity contribution in [2.45, 2.75) is 26.7 Å². The van der Waals surface area contributed by atoms with Crippen LogP contribution in [0.3, 0.4) is 0 Å². The van der Waals surface area contributed by atoms with E-state index in [1.54, 1.807) is 4.52 Å². The number of rotatable bonds is 6. The molecule has 0 unspecified atom stereocenters. The second-order valence-corrected chi connectivity index (χ2v) is 7.54. The Morgan fingerprint density at radius 3 is 2.48 bits per heavy atom. The van der Waals surface area contributed by atoms with Gasteiger partial charge >= 0.3 is 6.01 Å². The third kappa shape index (κ3) is 3.93. The summed E-state index contributed by atoms with van der Waals surface area (Å²) in [5, 5.41) is 6.09. The molecule has 0 saturated heterocycles. The van der Waals surface area contributed by atoms with Gasteiger partial charge in [0.2, 0.25) is 0 Å². The van der Waals surface area contributed by atoms with Gasteiger partial charge in [0.05, 0.1) is 17.2 Å². The molecule has 0 fully saturated rings. The van der Waals surface area contributed by atoms with Crippen LogP contribution in [0.25, 0.3) is 28.0 Å². The highest BCUT2D eigenvalue weighted by atomic mass is 35.5. The van der Waals surface area contributed by atoms with Gasteiger partial charge in [-0.1, -0.05) is 66.9 Å². The monoisotopic (exact) mass is 426 g/mol. The third-order valence-electron chi connectivity index (χ3n) is 4.62. The summed E-state index contributed by atoms with van der Waals surface area (Å²) in [6.45, 7) is 4.58. The summed E-state index contributed by atoms with van der Waals surface area (Å²) >= 11 is 12.6. The number of hydrogen-bond acceptors (Lipinski definition) is 4. The van der Waals surface area contributed by atoms with Gasteiger partial charge < -0.3 is 4.74 Å². The van der Waals surface area contributed by atoms with Gasteiger partial charge in [-0.2, -0.15) is 19.6 Å². The molecule has 2 heterocycles. The first kappa shape index (κ1) is 19.7. The van der Waals surface area contributed by atoms with Crippen LogP contribution in [0.2, 0.25) is 10.0 Å². The zero-order chi connectivity index (χ0) is 20.4. The van der Waals surface area contributed by atoms with Crippen molar-refractivity contribution in [1.29, 1.82) is 0 Å². The van der Waals surface area contributed by atoms with Crippen molar-refractivity contribution in [3.05, 3.63) is 64.4 Å². The standard InChI is InChI=1S/C22H20Cl2N4O/c1-3-4-13-29-22-25-14(2)28-21(26-22)19(15-9-11-16(23)12-10-15)20(27-28)17-7-5-6-8-18(17)24/h5-12H,3-4,13H2,1-2H3. The van der Waals surface area contributed by atoms with Gasteiger partial charge in [0.15, 0.2) is 5.65 Å². The Balaban J connectivity index is 1.97. The van der Waals surface area contributed by atoms with Crippen molar-refractivity contribution in [1.82, 2.24) is 19.6 Å². The van der Waals surface area contributed by atoms with Crippen LogP contribution < -0.4 is 4.74 Å². The molecule has 0 saturated carbocycles. The average molecular weight is 427 g/mol. The molecule has 0 atom stereocenters. The maximum Gasteiger partial charge on any atom is 0.320 e. The lowest BCUT2D eigenvalue weighted by molar-refractivity contribution is 0.284. The van der Waals surface area contributed by atoms with E-state index >= 15 is 0 Å². The van der Waals surface area contributed by atoms with Gasteiger partial charge in [-0.25, -0.2) is 0 Å². The lowest BCUT2D eigenvalue weighted by Crippen LogP contribution is -2.06. The highest BCUT2D eigenvalue weighted by molar-refractivity contribution is 6.33. The third-order valence-corrected chi connectivity index (χ3v) is 5.20. The van der Waals surface area contributed by atoms with Crippen molar-refractivity contribution in [3.8, 4) is 28.4 Å². The number of hydrogen-bond donors (Lipinski definition) is 0. The van der Waals surface area contributed by atoms with Crippen LogP contribution in [0.15, 0.2) is 48.5 Å². The Labute approximate surface area is 179 Å². The fourth-order valence-corrected chi connectivity index (χ4v) is 3.49. The van der Waals surface area contributed by atoms with E-state index in [4.69, 9.17) is 33.0 Å². The maximum absolute atomic E-state index is 6.50. The molecule has 0 amide bonds. The van der Waals surface area contributed by atoms with Crippen LogP contribution in [0.4, 0.5) is 0 Å². The van der Waals surface area contributed by atoms with Gasteiger partial charge in [0.1, 0.15) is 11.5 Å². The van der Waals surface area contributed by atoms with Gasteiger partial charge in [-0.3, -0.25) is 0 Å².